The number of ether oxygens (including phenoxy) is 2. The van der Waals surface area contributed by atoms with Crippen molar-refractivity contribution in [1.82, 2.24) is 9.88 Å². The maximum absolute atomic E-state index is 10.8. The standard InChI is InChI=1S/C30H37N3O4/c1-20(37-30(2,3)4)33-15-9-12-22(17-33)23-16-25(32-29(31)24(23)18-34)28-26(35)13-8-14-27(28)36-19-21-10-6-5-7-11-21/h5-8,10-11,13-14,16,22,34-35H,1,9,12,15,17-19H2,2-4H3,(H2,31,32). The van der Waals surface area contributed by atoms with Crippen molar-refractivity contribution in [1.29, 1.82) is 0 Å². The lowest BCUT2D eigenvalue weighted by atomic mass is 9.87. The Hall–Kier alpha value is -3.71. The number of hydrogen-bond donors (Lipinski definition) is 3. The number of aliphatic hydroxyl groups is 1. The summed E-state index contributed by atoms with van der Waals surface area (Å²) < 4.78 is 12.1. The van der Waals surface area contributed by atoms with Gasteiger partial charge < -0.3 is 30.3 Å². The molecule has 3 aromatic rings. The number of piperidine rings is 1. The summed E-state index contributed by atoms with van der Waals surface area (Å²) >= 11 is 0. The van der Waals surface area contributed by atoms with Gasteiger partial charge in [-0.2, -0.15) is 0 Å². The van der Waals surface area contributed by atoms with Crippen LogP contribution >= 0.6 is 0 Å². The Morgan fingerprint density at radius 2 is 1.92 bits per heavy atom. The van der Waals surface area contributed by atoms with Crippen LogP contribution in [-0.2, 0) is 18.0 Å². The number of phenols is 1. The van der Waals surface area contributed by atoms with Crippen LogP contribution in [0.4, 0.5) is 5.82 Å². The maximum Gasteiger partial charge on any atom is 0.182 e. The van der Waals surface area contributed by atoms with Gasteiger partial charge in [-0.3, -0.25) is 0 Å². The third-order valence-corrected chi connectivity index (χ3v) is 6.48. The fourth-order valence-corrected chi connectivity index (χ4v) is 4.78. The van der Waals surface area contributed by atoms with E-state index in [1.54, 1.807) is 12.1 Å². The topological polar surface area (TPSA) is 101 Å². The SMILES string of the molecule is C=C(OC(C)(C)C)N1CCCC(c2cc(-c3c(O)cccc3OCc3ccccc3)nc(N)c2CO)C1. The summed E-state index contributed by atoms with van der Waals surface area (Å²) in [4.78, 5) is 6.71. The van der Waals surface area contributed by atoms with E-state index < -0.39 is 0 Å². The molecule has 1 aromatic heterocycles. The van der Waals surface area contributed by atoms with E-state index in [1.807, 2.05) is 63.2 Å². The van der Waals surface area contributed by atoms with E-state index in [4.69, 9.17) is 15.2 Å². The van der Waals surface area contributed by atoms with Crippen LogP contribution in [0.5, 0.6) is 11.5 Å². The molecule has 4 rings (SSSR count). The first-order valence-electron chi connectivity index (χ1n) is 12.7. The van der Waals surface area contributed by atoms with Crippen LogP contribution in [-0.4, -0.2) is 38.8 Å². The largest absolute Gasteiger partial charge is 0.507 e. The Kier molecular flexibility index (Phi) is 7.93. The number of pyridine rings is 1. The summed E-state index contributed by atoms with van der Waals surface area (Å²) in [6.07, 6.45) is 1.87. The number of rotatable bonds is 8. The monoisotopic (exact) mass is 503 g/mol. The van der Waals surface area contributed by atoms with Gasteiger partial charge in [0.1, 0.15) is 29.5 Å². The molecule has 1 aliphatic heterocycles. The molecule has 0 amide bonds. The lowest BCUT2D eigenvalue weighted by Crippen LogP contribution is -2.37. The molecule has 0 saturated carbocycles. The molecule has 1 aliphatic rings. The second-order valence-corrected chi connectivity index (χ2v) is 10.4. The van der Waals surface area contributed by atoms with E-state index in [2.05, 4.69) is 16.5 Å². The van der Waals surface area contributed by atoms with Crippen LogP contribution in [0.1, 0.15) is 56.2 Å². The van der Waals surface area contributed by atoms with Crippen molar-refractivity contribution in [2.75, 3.05) is 18.8 Å². The fraction of sp³-hybridized carbons (Fsp3) is 0.367. The zero-order valence-electron chi connectivity index (χ0n) is 21.9. The highest BCUT2D eigenvalue weighted by Gasteiger charge is 2.28. The highest BCUT2D eigenvalue weighted by Crippen LogP contribution is 2.41. The number of benzene rings is 2. The van der Waals surface area contributed by atoms with E-state index in [9.17, 15) is 10.2 Å². The Morgan fingerprint density at radius 1 is 1.16 bits per heavy atom. The molecule has 2 aromatic carbocycles. The van der Waals surface area contributed by atoms with Gasteiger partial charge in [-0.05, 0) is 69.5 Å². The van der Waals surface area contributed by atoms with Crippen LogP contribution in [0, 0.1) is 0 Å². The second-order valence-electron chi connectivity index (χ2n) is 10.4. The molecule has 1 fully saturated rings. The van der Waals surface area contributed by atoms with Gasteiger partial charge in [0.25, 0.3) is 0 Å². The Bertz CT molecular complexity index is 1240. The van der Waals surface area contributed by atoms with Gasteiger partial charge in [0.2, 0.25) is 0 Å². The Balaban J connectivity index is 1.67. The summed E-state index contributed by atoms with van der Waals surface area (Å²) in [5, 5.41) is 21.0. The minimum atomic E-state index is -0.338. The minimum absolute atomic E-state index is 0.0531. The number of nitrogens with zero attached hydrogens (tertiary/aromatic N) is 2. The van der Waals surface area contributed by atoms with Crippen molar-refractivity contribution in [2.45, 2.75) is 58.3 Å². The molecule has 0 bridgehead atoms. The number of likely N-dealkylation sites (tertiary alicyclic amines) is 1. The van der Waals surface area contributed by atoms with Crippen molar-refractivity contribution in [3.05, 3.63) is 83.7 Å². The predicted molar refractivity (Wildman–Crippen MR) is 146 cm³/mol. The van der Waals surface area contributed by atoms with E-state index >= 15 is 0 Å². The number of hydrogen-bond acceptors (Lipinski definition) is 7. The van der Waals surface area contributed by atoms with E-state index in [1.165, 1.54) is 0 Å². The number of nitrogen functional groups attached to an aromatic ring is 1. The first kappa shape index (κ1) is 26.4. The third kappa shape index (κ3) is 6.35. The van der Waals surface area contributed by atoms with Crippen molar-refractivity contribution >= 4 is 5.82 Å². The smallest absolute Gasteiger partial charge is 0.182 e. The first-order valence-corrected chi connectivity index (χ1v) is 12.7. The Labute approximate surface area is 219 Å². The molecule has 2 heterocycles. The van der Waals surface area contributed by atoms with E-state index in [0.29, 0.717) is 41.6 Å². The minimum Gasteiger partial charge on any atom is -0.507 e. The van der Waals surface area contributed by atoms with Crippen molar-refractivity contribution in [2.24, 2.45) is 0 Å². The molecule has 37 heavy (non-hydrogen) atoms. The summed E-state index contributed by atoms with van der Waals surface area (Å²) in [7, 11) is 0. The van der Waals surface area contributed by atoms with Crippen LogP contribution in [0.15, 0.2) is 67.1 Å². The van der Waals surface area contributed by atoms with Crippen molar-refractivity contribution in [3.8, 4) is 22.8 Å². The molecule has 0 radical (unpaired) electrons. The number of aromatic hydroxyl groups is 1. The fourth-order valence-electron chi connectivity index (χ4n) is 4.78. The number of aliphatic hydroxyl groups excluding tert-OH is 1. The zero-order chi connectivity index (χ0) is 26.6. The van der Waals surface area contributed by atoms with Gasteiger partial charge in [0.15, 0.2) is 5.88 Å². The normalized spacial score (nSPS) is 15.9. The van der Waals surface area contributed by atoms with Gasteiger partial charge in [-0.1, -0.05) is 36.4 Å². The molecule has 196 valence electrons. The molecule has 0 spiro atoms. The summed E-state index contributed by atoms with van der Waals surface area (Å²) in [6.45, 7) is 11.8. The zero-order valence-corrected chi connectivity index (χ0v) is 21.9. The molecule has 1 atom stereocenters. The molecule has 1 unspecified atom stereocenters. The maximum atomic E-state index is 10.8. The van der Waals surface area contributed by atoms with Gasteiger partial charge >= 0.3 is 0 Å². The quantitative estimate of drug-likeness (QED) is 0.345. The first-order chi connectivity index (χ1) is 17.7. The van der Waals surface area contributed by atoms with Crippen LogP contribution < -0.4 is 10.5 Å². The Morgan fingerprint density at radius 3 is 2.62 bits per heavy atom. The van der Waals surface area contributed by atoms with E-state index in [0.717, 1.165) is 30.5 Å². The summed E-state index contributed by atoms with van der Waals surface area (Å²) in [5.41, 5.74) is 9.55. The van der Waals surface area contributed by atoms with Crippen molar-refractivity contribution < 1.29 is 19.7 Å². The molecular weight excluding hydrogens is 466 g/mol. The van der Waals surface area contributed by atoms with Gasteiger partial charge in [0.05, 0.1) is 17.9 Å². The summed E-state index contributed by atoms with van der Waals surface area (Å²) in [6, 6.07) is 16.9. The highest BCUT2D eigenvalue weighted by atomic mass is 16.5. The number of anilines is 1. The molecule has 7 nitrogen and oxygen atoms in total. The van der Waals surface area contributed by atoms with Gasteiger partial charge in [-0.15, -0.1) is 0 Å². The average molecular weight is 504 g/mol. The third-order valence-electron chi connectivity index (χ3n) is 6.48. The average Bonchev–Trinajstić information content (AvgIpc) is 2.86. The number of nitrogens with two attached hydrogens (primary N) is 1. The number of aromatic nitrogens is 1. The highest BCUT2D eigenvalue weighted by molar-refractivity contribution is 5.76. The lowest BCUT2D eigenvalue weighted by molar-refractivity contribution is -0.00380. The predicted octanol–water partition coefficient (Wildman–Crippen LogP) is 5.57. The van der Waals surface area contributed by atoms with Gasteiger partial charge in [-0.25, -0.2) is 4.98 Å². The molecule has 7 heteroatoms. The molecule has 4 N–H and O–H groups in total. The summed E-state index contributed by atoms with van der Waals surface area (Å²) in [5.74, 6) is 1.53. The lowest BCUT2D eigenvalue weighted by Gasteiger charge is -2.38. The van der Waals surface area contributed by atoms with E-state index in [-0.39, 0.29) is 29.7 Å². The van der Waals surface area contributed by atoms with Crippen molar-refractivity contribution in [3.63, 3.8) is 0 Å². The van der Waals surface area contributed by atoms with Crippen LogP contribution in [0.3, 0.4) is 0 Å². The number of phenolic OH excluding ortho intramolecular Hbond substituents is 1. The van der Waals surface area contributed by atoms with Crippen LogP contribution in [0.2, 0.25) is 0 Å². The van der Waals surface area contributed by atoms with Gasteiger partial charge in [0, 0.05) is 24.6 Å². The molecular formula is C30H37N3O4. The van der Waals surface area contributed by atoms with Crippen LogP contribution in [0.25, 0.3) is 11.3 Å². The molecule has 1 saturated heterocycles. The second kappa shape index (κ2) is 11.1. The molecule has 0 aliphatic carbocycles.